The first-order valence-corrected chi connectivity index (χ1v) is 8.60. The predicted molar refractivity (Wildman–Crippen MR) is 99.7 cm³/mol. The number of nitrogens with zero attached hydrogens (tertiary/aromatic N) is 3. The second-order valence-corrected chi connectivity index (χ2v) is 6.46. The number of hydrogen-bond donors (Lipinski definition) is 0. The van der Waals surface area contributed by atoms with Gasteiger partial charge in [0.15, 0.2) is 11.5 Å². The predicted octanol–water partition coefficient (Wildman–Crippen LogP) is 2.43. The highest BCUT2D eigenvalue weighted by Crippen LogP contribution is 2.33. The van der Waals surface area contributed by atoms with Crippen LogP contribution in [0.25, 0.3) is 10.8 Å². The van der Waals surface area contributed by atoms with Crippen LogP contribution < -0.4 is 15.0 Å². The third kappa shape index (κ3) is 2.93. The summed E-state index contributed by atoms with van der Waals surface area (Å²) in [5.74, 6) is 1.49. The Morgan fingerprint density at radius 1 is 1.08 bits per heavy atom. The molecule has 0 atom stereocenters. The zero-order chi connectivity index (χ0) is 18.1. The zero-order valence-electron chi connectivity index (χ0n) is 14.9. The standard InChI is InChI=1S/C20H21N3O3/c1-25-18-9-14-7-8-22(12-16(14)10-19(18)26-2)13-23-20(24)17-6-4-3-5-15(17)11-21-23/h3-6,9-11H,7-8,12-13H2,1-2H3. The van der Waals surface area contributed by atoms with Crippen LogP contribution in [0.1, 0.15) is 11.1 Å². The van der Waals surface area contributed by atoms with Crippen molar-refractivity contribution in [2.75, 3.05) is 20.8 Å². The summed E-state index contributed by atoms with van der Waals surface area (Å²) < 4.78 is 12.3. The van der Waals surface area contributed by atoms with Crippen molar-refractivity contribution in [2.24, 2.45) is 0 Å². The van der Waals surface area contributed by atoms with Gasteiger partial charge in [-0.15, -0.1) is 0 Å². The van der Waals surface area contributed by atoms with E-state index < -0.39 is 0 Å². The molecule has 134 valence electrons. The summed E-state index contributed by atoms with van der Waals surface area (Å²) in [5, 5.41) is 5.91. The molecule has 0 aliphatic carbocycles. The van der Waals surface area contributed by atoms with Crippen molar-refractivity contribution >= 4 is 10.8 Å². The largest absolute Gasteiger partial charge is 0.493 e. The van der Waals surface area contributed by atoms with Crippen LogP contribution in [-0.2, 0) is 19.6 Å². The van der Waals surface area contributed by atoms with Crippen LogP contribution in [0.5, 0.6) is 11.5 Å². The van der Waals surface area contributed by atoms with Gasteiger partial charge in [-0.25, -0.2) is 4.68 Å². The Bertz CT molecular complexity index is 1010. The highest BCUT2D eigenvalue weighted by Gasteiger charge is 2.20. The molecule has 0 N–H and O–H groups in total. The van der Waals surface area contributed by atoms with E-state index in [2.05, 4.69) is 10.00 Å². The van der Waals surface area contributed by atoms with Crippen molar-refractivity contribution in [1.82, 2.24) is 14.7 Å². The number of benzene rings is 2. The molecule has 3 aromatic rings. The molecule has 0 amide bonds. The lowest BCUT2D eigenvalue weighted by molar-refractivity contribution is 0.185. The first-order valence-electron chi connectivity index (χ1n) is 8.60. The van der Waals surface area contributed by atoms with Crippen molar-refractivity contribution in [2.45, 2.75) is 19.6 Å². The van der Waals surface area contributed by atoms with Gasteiger partial charge in [0.1, 0.15) is 0 Å². The van der Waals surface area contributed by atoms with Crippen molar-refractivity contribution in [3.8, 4) is 11.5 Å². The van der Waals surface area contributed by atoms with E-state index in [9.17, 15) is 4.79 Å². The van der Waals surface area contributed by atoms with E-state index in [-0.39, 0.29) is 5.56 Å². The second-order valence-electron chi connectivity index (χ2n) is 6.46. The van der Waals surface area contributed by atoms with E-state index in [4.69, 9.17) is 9.47 Å². The van der Waals surface area contributed by atoms with Gasteiger partial charge in [0.05, 0.1) is 32.5 Å². The van der Waals surface area contributed by atoms with Crippen LogP contribution in [0.2, 0.25) is 0 Å². The SMILES string of the molecule is COc1cc2c(cc1OC)CN(Cn1ncc3ccccc3c1=O)CC2. The minimum Gasteiger partial charge on any atom is -0.493 e. The van der Waals surface area contributed by atoms with E-state index in [0.717, 1.165) is 36.4 Å². The molecule has 0 unspecified atom stereocenters. The lowest BCUT2D eigenvalue weighted by Gasteiger charge is -2.29. The Hall–Kier alpha value is -2.86. The lowest BCUT2D eigenvalue weighted by atomic mass is 9.99. The molecule has 0 fully saturated rings. The summed E-state index contributed by atoms with van der Waals surface area (Å²) in [6, 6.07) is 11.6. The molecule has 0 saturated carbocycles. The molecule has 0 radical (unpaired) electrons. The minimum absolute atomic E-state index is 0.0544. The summed E-state index contributed by atoms with van der Waals surface area (Å²) >= 11 is 0. The number of rotatable bonds is 4. The fourth-order valence-electron chi connectivity index (χ4n) is 3.48. The highest BCUT2D eigenvalue weighted by molar-refractivity contribution is 5.80. The maximum Gasteiger partial charge on any atom is 0.275 e. The Kier molecular flexibility index (Phi) is 4.34. The van der Waals surface area contributed by atoms with Gasteiger partial charge in [-0.3, -0.25) is 9.69 Å². The topological polar surface area (TPSA) is 56.6 Å². The second kappa shape index (κ2) is 6.80. The molecule has 26 heavy (non-hydrogen) atoms. The summed E-state index contributed by atoms with van der Waals surface area (Å²) in [7, 11) is 3.29. The monoisotopic (exact) mass is 351 g/mol. The van der Waals surface area contributed by atoms with E-state index in [1.165, 1.54) is 15.8 Å². The molecule has 0 bridgehead atoms. The van der Waals surface area contributed by atoms with E-state index in [1.54, 1.807) is 20.4 Å². The van der Waals surface area contributed by atoms with Crippen molar-refractivity contribution in [3.05, 3.63) is 64.1 Å². The fraction of sp³-hybridized carbons (Fsp3) is 0.300. The maximum absolute atomic E-state index is 12.7. The van der Waals surface area contributed by atoms with Crippen LogP contribution in [0.4, 0.5) is 0 Å². The van der Waals surface area contributed by atoms with Crippen molar-refractivity contribution in [3.63, 3.8) is 0 Å². The van der Waals surface area contributed by atoms with E-state index in [1.807, 2.05) is 36.4 Å². The lowest BCUT2D eigenvalue weighted by Crippen LogP contribution is -2.37. The third-order valence-corrected chi connectivity index (χ3v) is 4.89. The van der Waals surface area contributed by atoms with Crippen LogP contribution in [-0.4, -0.2) is 35.4 Å². The molecule has 1 aromatic heterocycles. The fourth-order valence-corrected chi connectivity index (χ4v) is 3.48. The van der Waals surface area contributed by atoms with Crippen LogP contribution in [0.3, 0.4) is 0 Å². The van der Waals surface area contributed by atoms with E-state index >= 15 is 0 Å². The molecule has 1 aliphatic heterocycles. The van der Waals surface area contributed by atoms with Gasteiger partial charge in [-0.2, -0.15) is 5.10 Å². The van der Waals surface area contributed by atoms with Gasteiger partial charge in [-0.1, -0.05) is 18.2 Å². The van der Waals surface area contributed by atoms with Crippen LogP contribution in [0, 0.1) is 0 Å². The third-order valence-electron chi connectivity index (χ3n) is 4.89. The average molecular weight is 351 g/mol. The van der Waals surface area contributed by atoms with Gasteiger partial charge < -0.3 is 9.47 Å². The quantitative estimate of drug-likeness (QED) is 0.723. The number of ether oxygens (including phenoxy) is 2. The van der Waals surface area contributed by atoms with Gasteiger partial charge in [0, 0.05) is 18.5 Å². The molecular weight excluding hydrogens is 330 g/mol. The van der Waals surface area contributed by atoms with Gasteiger partial charge in [0.2, 0.25) is 0 Å². The smallest absolute Gasteiger partial charge is 0.275 e. The summed E-state index contributed by atoms with van der Waals surface area (Å²) in [4.78, 5) is 14.9. The van der Waals surface area contributed by atoms with Gasteiger partial charge in [0.25, 0.3) is 5.56 Å². The van der Waals surface area contributed by atoms with Crippen LogP contribution in [0.15, 0.2) is 47.4 Å². The average Bonchev–Trinajstić information content (AvgIpc) is 2.69. The summed E-state index contributed by atoms with van der Waals surface area (Å²) in [6.07, 6.45) is 2.65. The van der Waals surface area contributed by atoms with Crippen molar-refractivity contribution in [1.29, 1.82) is 0 Å². The molecule has 0 saturated heterocycles. The summed E-state index contributed by atoms with van der Waals surface area (Å²) in [5.41, 5.74) is 2.40. The van der Waals surface area contributed by atoms with E-state index in [0.29, 0.717) is 12.1 Å². The molecular formula is C20H21N3O3. The molecule has 2 heterocycles. The molecule has 0 spiro atoms. The first-order chi connectivity index (χ1) is 12.7. The Morgan fingerprint density at radius 2 is 1.81 bits per heavy atom. The molecule has 6 heteroatoms. The Morgan fingerprint density at radius 3 is 2.58 bits per heavy atom. The van der Waals surface area contributed by atoms with Crippen LogP contribution >= 0.6 is 0 Å². The van der Waals surface area contributed by atoms with Gasteiger partial charge >= 0.3 is 0 Å². The molecule has 6 nitrogen and oxygen atoms in total. The molecule has 4 rings (SSSR count). The normalized spacial score (nSPS) is 14.2. The molecule has 1 aliphatic rings. The number of hydrogen-bond acceptors (Lipinski definition) is 5. The number of fused-ring (bicyclic) bond motifs is 2. The minimum atomic E-state index is -0.0544. The number of methoxy groups -OCH3 is 2. The maximum atomic E-state index is 12.7. The number of aromatic nitrogens is 2. The summed E-state index contributed by atoms with van der Waals surface area (Å²) in [6.45, 7) is 2.08. The first kappa shape index (κ1) is 16.6. The van der Waals surface area contributed by atoms with Crippen molar-refractivity contribution < 1.29 is 9.47 Å². The Labute approximate surface area is 151 Å². The zero-order valence-corrected chi connectivity index (χ0v) is 14.9. The Balaban J connectivity index is 1.60. The molecule has 2 aromatic carbocycles. The van der Waals surface area contributed by atoms with Gasteiger partial charge in [-0.05, 0) is 35.7 Å². The highest BCUT2D eigenvalue weighted by atomic mass is 16.5.